The number of aryl methyl sites for hydroxylation is 1. The van der Waals surface area contributed by atoms with Gasteiger partial charge in [-0.3, -0.25) is 4.79 Å². The fourth-order valence-electron chi connectivity index (χ4n) is 3.39. The van der Waals surface area contributed by atoms with Gasteiger partial charge in [0.2, 0.25) is 10.0 Å². The van der Waals surface area contributed by atoms with E-state index in [1.165, 1.54) is 7.11 Å². The molecule has 0 aliphatic carbocycles. The highest BCUT2D eigenvalue weighted by Gasteiger charge is 2.24. The van der Waals surface area contributed by atoms with Crippen molar-refractivity contribution in [1.82, 2.24) is 15.0 Å². The number of sulfonamides is 1. The largest absolute Gasteiger partial charge is 0.465 e. The van der Waals surface area contributed by atoms with Gasteiger partial charge in [0.1, 0.15) is 5.69 Å². The molecule has 2 aromatic rings. The third-order valence-electron chi connectivity index (χ3n) is 4.66. The van der Waals surface area contributed by atoms with Gasteiger partial charge in [-0.05, 0) is 43.9 Å². The van der Waals surface area contributed by atoms with E-state index in [-0.39, 0.29) is 24.2 Å². The number of hydrogen-bond donors (Lipinski definition) is 3. The second-order valence-corrected chi connectivity index (χ2v) is 9.50. The molecule has 0 aliphatic rings. The van der Waals surface area contributed by atoms with Crippen molar-refractivity contribution in [2.45, 2.75) is 58.9 Å². The Hall–Kier alpha value is -2.65. The number of methoxy groups -OCH3 is 1. The Labute approximate surface area is 183 Å². The Morgan fingerprint density at radius 2 is 1.74 bits per heavy atom. The van der Waals surface area contributed by atoms with Crippen LogP contribution in [0.25, 0.3) is 0 Å². The molecule has 31 heavy (non-hydrogen) atoms. The molecule has 0 saturated carbocycles. The number of amides is 1. The second kappa shape index (κ2) is 10.6. The molecule has 0 atom stereocenters. The Kier molecular flexibility index (Phi) is 8.41. The van der Waals surface area contributed by atoms with Crippen molar-refractivity contribution in [2.24, 2.45) is 0 Å². The Morgan fingerprint density at radius 1 is 1.13 bits per heavy atom. The molecular formula is C22H31N3O5S. The zero-order valence-corrected chi connectivity index (χ0v) is 19.5. The van der Waals surface area contributed by atoms with Gasteiger partial charge in [-0.15, -0.1) is 0 Å². The number of hydrogen-bond acceptors (Lipinski definition) is 5. The highest BCUT2D eigenvalue weighted by atomic mass is 32.2. The van der Waals surface area contributed by atoms with Crippen LogP contribution in [0.2, 0.25) is 0 Å². The van der Waals surface area contributed by atoms with Crippen LogP contribution >= 0.6 is 0 Å². The van der Waals surface area contributed by atoms with Crippen molar-refractivity contribution in [2.75, 3.05) is 7.11 Å². The summed E-state index contributed by atoms with van der Waals surface area (Å²) in [5.41, 5.74) is 3.52. The molecule has 0 saturated heterocycles. The smallest absolute Gasteiger partial charge is 0.339 e. The van der Waals surface area contributed by atoms with Crippen LogP contribution in [-0.2, 0) is 33.5 Å². The monoisotopic (exact) mass is 449 g/mol. The molecule has 3 N–H and O–H groups in total. The highest BCUT2D eigenvalue weighted by Crippen LogP contribution is 2.22. The van der Waals surface area contributed by atoms with E-state index < -0.39 is 16.0 Å². The summed E-state index contributed by atoms with van der Waals surface area (Å²) in [6.07, 6.45) is 1.35. The van der Waals surface area contributed by atoms with E-state index in [9.17, 15) is 18.0 Å². The van der Waals surface area contributed by atoms with Gasteiger partial charge in [0, 0.05) is 18.3 Å². The third kappa shape index (κ3) is 6.67. The summed E-state index contributed by atoms with van der Waals surface area (Å²) in [6.45, 7) is 7.53. The SMILES string of the molecule is CCCc1c(C(=O)NCc2ccc(CS(=O)(=O)NC(C)C)cc2)[nH]c(C)c1C(=O)OC. The molecule has 0 radical (unpaired) electrons. The molecule has 0 aliphatic heterocycles. The Balaban J connectivity index is 2.09. The first kappa shape index (κ1) is 24.6. The number of carbonyl (C=O) groups is 2. The molecule has 8 nitrogen and oxygen atoms in total. The lowest BCUT2D eigenvalue weighted by atomic mass is 10.0. The molecule has 1 aromatic heterocycles. The number of benzene rings is 1. The quantitative estimate of drug-likeness (QED) is 0.482. The summed E-state index contributed by atoms with van der Waals surface area (Å²) in [4.78, 5) is 27.9. The maximum atomic E-state index is 12.8. The first-order valence-electron chi connectivity index (χ1n) is 10.2. The van der Waals surface area contributed by atoms with Crippen LogP contribution in [0, 0.1) is 6.92 Å². The first-order valence-corrected chi connectivity index (χ1v) is 11.9. The van der Waals surface area contributed by atoms with Crippen LogP contribution in [0.5, 0.6) is 0 Å². The fraction of sp³-hybridized carbons (Fsp3) is 0.455. The molecule has 0 unspecified atom stereocenters. The van der Waals surface area contributed by atoms with Crippen LogP contribution in [0.4, 0.5) is 0 Å². The van der Waals surface area contributed by atoms with Gasteiger partial charge in [-0.25, -0.2) is 17.9 Å². The maximum absolute atomic E-state index is 12.8. The van der Waals surface area contributed by atoms with Crippen molar-refractivity contribution < 1.29 is 22.7 Å². The van der Waals surface area contributed by atoms with Crippen molar-refractivity contribution >= 4 is 21.9 Å². The standard InChI is InChI=1S/C22H31N3O5S/c1-6-7-18-19(22(27)30-5)15(4)24-20(18)21(26)23-12-16-8-10-17(11-9-16)13-31(28,29)25-14(2)3/h8-11,14,24-25H,6-7,12-13H2,1-5H3,(H,23,26). The molecule has 170 valence electrons. The summed E-state index contributed by atoms with van der Waals surface area (Å²) >= 11 is 0. The van der Waals surface area contributed by atoms with Gasteiger partial charge in [-0.1, -0.05) is 37.6 Å². The van der Waals surface area contributed by atoms with Crippen LogP contribution < -0.4 is 10.0 Å². The molecule has 0 fully saturated rings. The van der Waals surface area contributed by atoms with Gasteiger partial charge >= 0.3 is 5.97 Å². The van der Waals surface area contributed by atoms with Gasteiger partial charge in [-0.2, -0.15) is 0 Å². The van der Waals surface area contributed by atoms with Gasteiger partial charge < -0.3 is 15.0 Å². The van der Waals surface area contributed by atoms with E-state index >= 15 is 0 Å². The fourth-order valence-corrected chi connectivity index (χ4v) is 4.83. The molecule has 9 heteroatoms. The second-order valence-electron chi connectivity index (χ2n) is 7.75. The molecule has 0 spiro atoms. The van der Waals surface area contributed by atoms with Gasteiger partial charge in [0.25, 0.3) is 5.91 Å². The summed E-state index contributed by atoms with van der Waals surface area (Å²) < 4.78 is 31.5. The molecule has 2 rings (SSSR count). The summed E-state index contributed by atoms with van der Waals surface area (Å²) in [5, 5.41) is 2.85. The minimum Gasteiger partial charge on any atom is -0.465 e. The van der Waals surface area contributed by atoms with Crippen LogP contribution in [0.1, 0.15) is 70.4 Å². The first-order chi connectivity index (χ1) is 14.6. The number of aromatic amines is 1. The third-order valence-corrected chi connectivity index (χ3v) is 6.20. The summed E-state index contributed by atoms with van der Waals surface area (Å²) in [5.74, 6) is -0.876. The predicted molar refractivity (Wildman–Crippen MR) is 119 cm³/mol. The van der Waals surface area contributed by atoms with E-state index in [0.717, 1.165) is 12.0 Å². The van der Waals surface area contributed by atoms with Crippen molar-refractivity contribution in [3.63, 3.8) is 0 Å². The summed E-state index contributed by atoms with van der Waals surface area (Å²) in [7, 11) is -2.07. The molecule has 0 bridgehead atoms. The highest BCUT2D eigenvalue weighted by molar-refractivity contribution is 7.88. The minimum absolute atomic E-state index is 0.101. The minimum atomic E-state index is -3.39. The van der Waals surface area contributed by atoms with Gasteiger partial charge in [0.15, 0.2) is 0 Å². The lowest BCUT2D eigenvalue weighted by Crippen LogP contribution is -2.31. The molecule has 1 heterocycles. The molecular weight excluding hydrogens is 418 g/mol. The average molecular weight is 450 g/mol. The lowest BCUT2D eigenvalue weighted by Gasteiger charge is -2.10. The van der Waals surface area contributed by atoms with E-state index in [1.54, 1.807) is 45.0 Å². The van der Waals surface area contributed by atoms with Crippen LogP contribution in [-0.4, -0.2) is 38.4 Å². The Bertz CT molecular complexity index is 1020. The number of ether oxygens (including phenoxy) is 1. The number of nitrogens with one attached hydrogen (secondary N) is 3. The van der Waals surface area contributed by atoms with Crippen molar-refractivity contribution in [3.8, 4) is 0 Å². The van der Waals surface area contributed by atoms with Crippen LogP contribution in [0.15, 0.2) is 24.3 Å². The topological polar surface area (TPSA) is 117 Å². The van der Waals surface area contributed by atoms with E-state index in [2.05, 4.69) is 15.0 Å². The average Bonchev–Trinajstić information content (AvgIpc) is 3.01. The molecule has 1 amide bonds. The number of esters is 1. The summed E-state index contributed by atoms with van der Waals surface area (Å²) in [6, 6.07) is 6.88. The number of carbonyl (C=O) groups excluding carboxylic acids is 2. The van der Waals surface area contributed by atoms with Crippen molar-refractivity contribution in [1.29, 1.82) is 0 Å². The van der Waals surface area contributed by atoms with Crippen LogP contribution in [0.3, 0.4) is 0 Å². The zero-order chi connectivity index (χ0) is 23.2. The van der Waals surface area contributed by atoms with E-state index in [4.69, 9.17) is 4.74 Å². The zero-order valence-electron chi connectivity index (χ0n) is 18.7. The van der Waals surface area contributed by atoms with E-state index in [1.807, 2.05) is 6.92 Å². The Morgan fingerprint density at radius 3 is 2.29 bits per heavy atom. The number of H-pyrrole nitrogens is 1. The maximum Gasteiger partial charge on any atom is 0.339 e. The normalized spacial score (nSPS) is 11.5. The van der Waals surface area contributed by atoms with Crippen molar-refractivity contribution in [3.05, 3.63) is 57.9 Å². The van der Waals surface area contributed by atoms with E-state index in [0.29, 0.717) is 34.5 Å². The lowest BCUT2D eigenvalue weighted by molar-refractivity contribution is 0.0599. The van der Waals surface area contributed by atoms with Gasteiger partial charge in [0.05, 0.1) is 18.4 Å². The predicted octanol–water partition coefficient (Wildman–Crippen LogP) is 2.82. The number of rotatable bonds is 10. The molecule has 1 aromatic carbocycles. The number of aromatic nitrogens is 1.